The molecule has 0 amide bonds. The molecule has 0 aliphatic heterocycles. The van der Waals surface area contributed by atoms with Gasteiger partial charge in [-0.05, 0) is 11.9 Å². The van der Waals surface area contributed by atoms with Crippen LogP contribution in [0.5, 0.6) is 0 Å². The molecule has 0 aliphatic rings. The molecule has 1 aromatic rings. The third-order valence-corrected chi connectivity index (χ3v) is 4.24. The highest BCUT2D eigenvalue weighted by Crippen LogP contribution is 2.45. The topological polar surface area (TPSA) is 84.2 Å². The van der Waals surface area contributed by atoms with Crippen LogP contribution in [0.25, 0.3) is 0 Å². The van der Waals surface area contributed by atoms with Gasteiger partial charge in [0, 0.05) is 24.2 Å². The molecule has 0 heterocycles. The van der Waals surface area contributed by atoms with Crippen molar-refractivity contribution in [2.45, 2.75) is 13.2 Å². The lowest BCUT2D eigenvalue weighted by Gasteiger charge is -2.24. The predicted octanol–water partition coefficient (Wildman–Crippen LogP) is 3.88. The molecule has 0 unspecified atom stereocenters. The van der Waals surface area contributed by atoms with Gasteiger partial charge < -0.3 is 10.2 Å². The molecule has 4 N–H and O–H groups in total. The van der Waals surface area contributed by atoms with Crippen molar-refractivity contribution in [1.29, 1.82) is 0 Å². The number of benzene rings is 1. The van der Waals surface area contributed by atoms with Gasteiger partial charge in [-0.2, -0.15) is 10.4 Å². The summed E-state index contributed by atoms with van der Waals surface area (Å²) in [4.78, 5) is 0.156. The van der Waals surface area contributed by atoms with E-state index in [4.69, 9.17) is 39.9 Å². The first kappa shape index (κ1) is 26.6. The molecular weight excluding hydrogens is 391 g/mol. The van der Waals surface area contributed by atoms with E-state index in [2.05, 4.69) is 26.3 Å². The lowest BCUT2D eigenvalue weighted by atomic mass is 10.1. The first-order valence-corrected chi connectivity index (χ1v) is 8.19. The minimum Gasteiger partial charge on any atom is -0.395 e. The van der Waals surface area contributed by atoms with Gasteiger partial charge in [-0.1, -0.05) is 34.8 Å². The Morgan fingerprint density at radius 2 is 1.36 bits per heavy atom. The fourth-order valence-electron chi connectivity index (χ4n) is 1.93. The Labute approximate surface area is 163 Å². The average molecular weight is 417 g/mol. The first-order valence-electron chi connectivity index (χ1n) is 7.06. The van der Waals surface area contributed by atoms with E-state index in [1.54, 1.807) is 11.9 Å². The van der Waals surface area contributed by atoms with Crippen LogP contribution in [0.1, 0.15) is 11.1 Å². The summed E-state index contributed by atoms with van der Waals surface area (Å²) < 4.78 is 0. The van der Waals surface area contributed by atoms with E-state index < -0.39 is 11.4 Å². The standard InChI is InChI=1S/C12H18Cl3N2O4.2C2H4/c1-16(3-4-18)5-7-9(13)8(6-19)11(15)12(10(7)14)17(2,20)21;2*1-2/h18-21H,3-6H2,1-2H3;2*1-2H2/q+1;;. The SMILES string of the molecule is C=C.C=C.CN(CCO)Cc1c(Cl)c(CO)c(Cl)c([N+](C)(O)O)c1Cl. The maximum Gasteiger partial charge on any atom is 0.236 e. The molecule has 0 radical (unpaired) electrons. The van der Waals surface area contributed by atoms with Gasteiger partial charge in [-0.25, -0.2) is 0 Å². The van der Waals surface area contributed by atoms with Gasteiger partial charge in [0.25, 0.3) is 0 Å². The quantitative estimate of drug-likeness (QED) is 0.321. The summed E-state index contributed by atoms with van der Waals surface area (Å²) in [5, 5.41) is 37.9. The molecule has 9 heteroatoms. The second kappa shape index (κ2) is 12.6. The molecule has 0 aromatic heterocycles. The lowest BCUT2D eigenvalue weighted by molar-refractivity contribution is -0.272. The van der Waals surface area contributed by atoms with Crippen LogP contribution in [0.3, 0.4) is 0 Å². The number of hydrogen-bond acceptors (Lipinski definition) is 5. The molecule has 1 aromatic carbocycles. The van der Waals surface area contributed by atoms with Crippen LogP contribution in [-0.2, 0) is 13.2 Å². The van der Waals surface area contributed by atoms with E-state index in [1.165, 1.54) is 0 Å². The molecule has 1 rings (SSSR count). The van der Waals surface area contributed by atoms with Crippen LogP contribution in [-0.4, -0.2) is 52.8 Å². The molecule has 144 valence electrons. The van der Waals surface area contributed by atoms with E-state index in [9.17, 15) is 15.5 Å². The average Bonchev–Trinajstić information content (AvgIpc) is 2.55. The monoisotopic (exact) mass is 415 g/mol. The third-order valence-electron chi connectivity index (χ3n) is 2.97. The van der Waals surface area contributed by atoms with Gasteiger partial charge in [-0.3, -0.25) is 4.90 Å². The predicted molar refractivity (Wildman–Crippen MR) is 105 cm³/mol. The Hall–Kier alpha value is -0.670. The fraction of sp³-hybridized carbons (Fsp3) is 0.375. The highest BCUT2D eigenvalue weighted by atomic mass is 35.5. The number of aliphatic hydroxyl groups is 2. The van der Waals surface area contributed by atoms with Crippen LogP contribution in [0.15, 0.2) is 26.3 Å². The Balaban J connectivity index is 0. The molecule has 0 aliphatic carbocycles. The lowest BCUT2D eigenvalue weighted by Crippen LogP contribution is -2.38. The van der Waals surface area contributed by atoms with Crippen molar-refractivity contribution in [2.24, 2.45) is 0 Å². The van der Waals surface area contributed by atoms with Crippen LogP contribution < -0.4 is 4.81 Å². The van der Waals surface area contributed by atoms with Gasteiger partial charge in [0.2, 0.25) is 5.69 Å². The molecule has 6 nitrogen and oxygen atoms in total. The van der Waals surface area contributed by atoms with Gasteiger partial charge in [0.05, 0.1) is 18.2 Å². The van der Waals surface area contributed by atoms with Crippen LogP contribution >= 0.6 is 34.8 Å². The van der Waals surface area contributed by atoms with Crippen LogP contribution in [0.4, 0.5) is 5.69 Å². The van der Waals surface area contributed by atoms with Gasteiger partial charge >= 0.3 is 0 Å². The van der Waals surface area contributed by atoms with E-state index >= 15 is 0 Å². The molecular formula is C16H26Cl3N2O4+. The summed E-state index contributed by atoms with van der Waals surface area (Å²) in [5.41, 5.74) is 0.391. The van der Waals surface area contributed by atoms with Crippen molar-refractivity contribution < 1.29 is 20.6 Å². The Morgan fingerprint density at radius 3 is 1.72 bits per heavy atom. The van der Waals surface area contributed by atoms with Gasteiger partial charge in [0.15, 0.2) is 0 Å². The van der Waals surface area contributed by atoms with Crippen molar-refractivity contribution in [3.8, 4) is 0 Å². The maximum absolute atomic E-state index is 9.77. The maximum atomic E-state index is 9.77. The number of hydrogen-bond donors (Lipinski definition) is 4. The second-order valence-corrected chi connectivity index (χ2v) is 5.91. The van der Waals surface area contributed by atoms with E-state index in [0.717, 1.165) is 7.05 Å². The molecule has 0 saturated carbocycles. The number of halogens is 3. The van der Waals surface area contributed by atoms with E-state index in [-0.39, 0.29) is 39.5 Å². The Bertz CT molecular complexity index is 549. The summed E-state index contributed by atoms with van der Waals surface area (Å²) >= 11 is 18.5. The van der Waals surface area contributed by atoms with Crippen LogP contribution in [0.2, 0.25) is 15.1 Å². The largest absolute Gasteiger partial charge is 0.395 e. The van der Waals surface area contributed by atoms with Crippen molar-refractivity contribution in [3.05, 3.63) is 52.5 Å². The van der Waals surface area contributed by atoms with Gasteiger partial charge in [0.1, 0.15) is 17.1 Å². The minimum atomic E-state index is -1.58. The smallest absolute Gasteiger partial charge is 0.236 e. The number of rotatable bonds is 6. The number of quaternary nitrogens is 1. The number of aliphatic hydroxyl groups excluding tert-OH is 2. The zero-order chi connectivity index (χ0) is 20.4. The van der Waals surface area contributed by atoms with Gasteiger partial charge in [-0.15, -0.1) is 26.3 Å². The third kappa shape index (κ3) is 7.22. The van der Waals surface area contributed by atoms with Crippen molar-refractivity contribution in [3.63, 3.8) is 0 Å². The summed E-state index contributed by atoms with van der Waals surface area (Å²) in [6, 6.07) is 0. The highest BCUT2D eigenvalue weighted by Gasteiger charge is 2.34. The second-order valence-electron chi connectivity index (χ2n) is 4.78. The molecule has 0 atom stereocenters. The number of likely N-dealkylation sites (N-methyl/N-ethyl adjacent to an activating group) is 1. The summed E-state index contributed by atoms with van der Waals surface area (Å²) in [6.07, 6.45) is 0. The normalized spacial score (nSPS) is 10.6. The molecule has 25 heavy (non-hydrogen) atoms. The van der Waals surface area contributed by atoms with Crippen molar-refractivity contribution in [2.75, 3.05) is 27.2 Å². The highest BCUT2D eigenvalue weighted by molar-refractivity contribution is 6.43. The van der Waals surface area contributed by atoms with Crippen molar-refractivity contribution >= 4 is 40.5 Å². The van der Waals surface area contributed by atoms with Crippen molar-refractivity contribution in [1.82, 2.24) is 9.71 Å². The molecule has 0 bridgehead atoms. The minimum absolute atomic E-state index is 0.000472. The zero-order valence-corrected chi connectivity index (χ0v) is 16.7. The molecule has 0 saturated heterocycles. The summed E-state index contributed by atoms with van der Waals surface area (Å²) in [6.45, 7) is 12.1. The summed E-state index contributed by atoms with van der Waals surface area (Å²) in [7, 11) is 2.80. The number of hydroxylamine groups is 2. The van der Waals surface area contributed by atoms with Crippen LogP contribution in [0, 0.1) is 0 Å². The summed E-state index contributed by atoms with van der Waals surface area (Å²) in [5.74, 6) is 0. The molecule has 0 fully saturated rings. The Kier molecular flexibility index (Phi) is 13.4. The van der Waals surface area contributed by atoms with E-state index in [1.807, 2.05) is 0 Å². The zero-order valence-electron chi connectivity index (χ0n) is 14.5. The first-order chi connectivity index (χ1) is 11.6. The fourth-order valence-corrected chi connectivity index (χ4v) is 3.20. The Morgan fingerprint density at radius 1 is 0.920 bits per heavy atom. The number of nitrogens with zero attached hydrogens (tertiary/aromatic N) is 2. The molecule has 0 spiro atoms. The van der Waals surface area contributed by atoms with E-state index in [0.29, 0.717) is 12.1 Å².